The lowest BCUT2D eigenvalue weighted by molar-refractivity contribution is -0.123. The van der Waals surface area contributed by atoms with E-state index in [1.54, 1.807) is 0 Å². The minimum absolute atomic E-state index is 0.597. The predicted octanol–water partition coefficient (Wildman–Crippen LogP) is 0.0674. The lowest BCUT2D eigenvalue weighted by Gasteiger charge is -2.16. The highest BCUT2D eigenvalue weighted by atomic mass is 16.1. The Morgan fingerprint density at radius 2 is 1.89 bits per heavy atom. The number of hydrogen-bond acceptors (Lipinski definition) is 2. The molecule has 0 atom stereocenters. The molecule has 3 heteroatoms. The highest BCUT2D eigenvalue weighted by Crippen LogP contribution is 2.26. The van der Waals surface area contributed by atoms with E-state index < -0.39 is 11.4 Å². The molecular weight excluding hydrogens is 116 g/mol. The largest absolute Gasteiger partial charge is 0.317 e. The third-order valence-corrected chi connectivity index (χ3v) is 1.95. The average molecular weight is 127 g/mol. The Labute approximate surface area is 54.4 Å². The predicted molar refractivity (Wildman–Crippen MR) is 33.5 cm³/mol. The molecular formula is C6H11N2O. The van der Waals surface area contributed by atoms with Gasteiger partial charge >= 0.3 is 0 Å². The third kappa shape index (κ3) is 1.05. The summed E-state index contributed by atoms with van der Waals surface area (Å²) in [5.41, 5.74) is 11.6. The van der Waals surface area contributed by atoms with Crippen molar-refractivity contribution in [3.8, 4) is 0 Å². The highest BCUT2D eigenvalue weighted by molar-refractivity contribution is 5.83. The molecule has 1 saturated carbocycles. The molecule has 1 aliphatic rings. The first-order chi connectivity index (χ1) is 4.15. The van der Waals surface area contributed by atoms with E-state index in [-0.39, 0.29) is 0 Å². The van der Waals surface area contributed by atoms with Crippen molar-refractivity contribution in [1.29, 1.82) is 0 Å². The first-order valence-electron chi connectivity index (χ1n) is 3.20. The molecule has 0 aliphatic heterocycles. The maximum atomic E-state index is 10.5. The van der Waals surface area contributed by atoms with Crippen molar-refractivity contribution in [1.82, 2.24) is 5.73 Å². The van der Waals surface area contributed by atoms with Crippen molar-refractivity contribution in [2.75, 3.05) is 0 Å². The maximum Gasteiger partial charge on any atom is 0.258 e. The SMILES string of the molecule is [NH]C(=O)C1(N)CCCC1. The van der Waals surface area contributed by atoms with Crippen molar-refractivity contribution >= 4 is 5.91 Å². The molecule has 9 heavy (non-hydrogen) atoms. The molecule has 0 aromatic rings. The van der Waals surface area contributed by atoms with Gasteiger partial charge < -0.3 is 5.73 Å². The second-order valence-corrected chi connectivity index (χ2v) is 2.69. The molecule has 1 rings (SSSR count). The van der Waals surface area contributed by atoms with Crippen molar-refractivity contribution in [3.63, 3.8) is 0 Å². The quantitative estimate of drug-likeness (QED) is 0.541. The fraction of sp³-hybridized carbons (Fsp3) is 0.833. The van der Waals surface area contributed by atoms with Gasteiger partial charge in [0.2, 0.25) is 0 Å². The number of nitrogens with one attached hydrogen (secondary N) is 1. The molecule has 0 heterocycles. The first kappa shape index (κ1) is 6.55. The topological polar surface area (TPSA) is 66.9 Å². The number of amides is 1. The Bertz CT molecular complexity index is 127. The molecule has 0 saturated heterocycles. The van der Waals surface area contributed by atoms with Gasteiger partial charge in [0, 0.05) is 0 Å². The molecule has 0 aromatic carbocycles. The molecule has 1 amide bonds. The van der Waals surface area contributed by atoms with E-state index in [9.17, 15) is 4.79 Å². The van der Waals surface area contributed by atoms with Gasteiger partial charge in [-0.15, -0.1) is 0 Å². The smallest absolute Gasteiger partial charge is 0.258 e. The Balaban J connectivity index is 2.61. The van der Waals surface area contributed by atoms with Gasteiger partial charge in [0.05, 0.1) is 5.54 Å². The van der Waals surface area contributed by atoms with E-state index in [0.717, 1.165) is 12.8 Å². The van der Waals surface area contributed by atoms with E-state index in [4.69, 9.17) is 11.5 Å². The standard InChI is InChI=1S/C6H11N2O/c7-5(9)6(8)3-1-2-4-6/h7H,1-4,8H2. The van der Waals surface area contributed by atoms with E-state index >= 15 is 0 Å². The van der Waals surface area contributed by atoms with E-state index in [1.165, 1.54) is 0 Å². The molecule has 1 radical (unpaired) electrons. The lowest BCUT2D eigenvalue weighted by atomic mass is 9.99. The van der Waals surface area contributed by atoms with Crippen LogP contribution in [0.5, 0.6) is 0 Å². The van der Waals surface area contributed by atoms with Crippen LogP contribution < -0.4 is 11.5 Å². The molecule has 3 nitrogen and oxygen atoms in total. The van der Waals surface area contributed by atoms with Crippen LogP contribution in [0.2, 0.25) is 0 Å². The highest BCUT2D eigenvalue weighted by Gasteiger charge is 2.35. The fourth-order valence-corrected chi connectivity index (χ4v) is 1.23. The fourth-order valence-electron chi connectivity index (χ4n) is 1.23. The summed E-state index contributed by atoms with van der Waals surface area (Å²) in [5, 5.41) is 0. The number of carbonyl (C=O) groups excluding carboxylic acids is 1. The number of hydrogen-bond donors (Lipinski definition) is 1. The Morgan fingerprint density at radius 1 is 1.44 bits per heavy atom. The molecule has 1 aliphatic carbocycles. The molecule has 3 N–H and O–H groups in total. The van der Waals surface area contributed by atoms with Gasteiger partial charge in [-0.2, -0.15) is 0 Å². The van der Waals surface area contributed by atoms with Crippen LogP contribution in [0.4, 0.5) is 0 Å². The zero-order chi connectivity index (χ0) is 6.91. The summed E-state index contributed by atoms with van der Waals surface area (Å²) < 4.78 is 0. The summed E-state index contributed by atoms with van der Waals surface area (Å²) in [6.07, 6.45) is 3.41. The zero-order valence-electron chi connectivity index (χ0n) is 5.31. The van der Waals surface area contributed by atoms with Crippen molar-refractivity contribution in [3.05, 3.63) is 0 Å². The molecule has 0 spiro atoms. The van der Waals surface area contributed by atoms with Gasteiger partial charge in [-0.25, -0.2) is 0 Å². The van der Waals surface area contributed by atoms with Crippen LogP contribution in [-0.4, -0.2) is 11.4 Å². The van der Waals surface area contributed by atoms with Crippen LogP contribution >= 0.6 is 0 Å². The van der Waals surface area contributed by atoms with Gasteiger partial charge in [-0.1, -0.05) is 12.8 Å². The normalized spacial score (nSPS) is 24.1. The molecule has 0 unspecified atom stereocenters. The molecule has 51 valence electrons. The maximum absolute atomic E-state index is 10.5. The average Bonchev–Trinajstić information content (AvgIpc) is 2.16. The van der Waals surface area contributed by atoms with Gasteiger partial charge in [-0.3, -0.25) is 10.5 Å². The summed E-state index contributed by atoms with van der Waals surface area (Å²) in [5.74, 6) is -0.597. The third-order valence-electron chi connectivity index (χ3n) is 1.95. The van der Waals surface area contributed by atoms with Gasteiger partial charge in [0.15, 0.2) is 0 Å². The minimum atomic E-state index is -0.778. The van der Waals surface area contributed by atoms with Crippen LogP contribution in [0, 0.1) is 0 Å². The summed E-state index contributed by atoms with van der Waals surface area (Å²) in [7, 11) is 0. The number of nitrogens with two attached hydrogens (primary N) is 1. The van der Waals surface area contributed by atoms with E-state index in [0.29, 0.717) is 12.8 Å². The van der Waals surface area contributed by atoms with Gasteiger partial charge in [0.1, 0.15) is 0 Å². The monoisotopic (exact) mass is 127 g/mol. The lowest BCUT2D eigenvalue weighted by Crippen LogP contribution is -2.45. The Morgan fingerprint density at radius 3 is 2.11 bits per heavy atom. The molecule has 0 bridgehead atoms. The van der Waals surface area contributed by atoms with Crippen LogP contribution in [0.3, 0.4) is 0 Å². The van der Waals surface area contributed by atoms with E-state index in [2.05, 4.69) is 0 Å². The zero-order valence-corrected chi connectivity index (χ0v) is 5.31. The summed E-state index contributed by atoms with van der Waals surface area (Å²) >= 11 is 0. The van der Waals surface area contributed by atoms with Gasteiger partial charge in [0.25, 0.3) is 5.91 Å². The van der Waals surface area contributed by atoms with Crippen LogP contribution in [0.15, 0.2) is 0 Å². The second kappa shape index (κ2) is 1.99. The molecule has 0 aromatic heterocycles. The number of carbonyl (C=O) groups is 1. The Hall–Kier alpha value is -0.570. The second-order valence-electron chi connectivity index (χ2n) is 2.69. The van der Waals surface area contributed by atoms with E-state index in [1.807, 2.05) is 0 Å². The summed E-state index contributed by atoms with van der Waals surface area (Å²) in [6.45, 7) is 0. The van der Waals surface area contributed by atoms with Crippen LogP contribution in [0.25, 0.3) is 0 Å². The van der Waals surface area contributed by atoms with Crippen molar-refractivity contribution in [2.24, 2.45) is 5.73 Å². The minimum Gasteiger partial charge on any atom is -0.317 e. The number of rotatable bonds is 1. The van der Waals surface area contributed by atoms with Crippen LogP contribution in [-0.2, 0) is 4.79 Å². The molecule has 1 fully saturated rings. The van der Waals surface area contributed by atoms with Gasteiger partial charge in [-0.05, 0) is 12.8 Å². The van der Waals surface area contributed by atoms with Crippen molar-refractivity contribution < 1.29 is 4.79 Å². The first-order valence-corrected chi connectivity index (χ1v) is 3.20. The van der Waals surface area contributed by atoms with Crippen LogP contribution in [0.1, 0.15) is 25.7 Å². The Kier molecular flexibility index (Phi) is 1.45. The summed E-state index contributed by atoms with van der Waals surface area (Å²) in [4.78, 5) is 10.5. The summed E-state index contributed by atoms with van der Waals surface area (Å²) in [6, 6.07) is 0. The van der Waals surface area contributed by atoms with Crippen molar-refractivity contribution in [2.45, 2.75) is 31.2 Å².